The van der Waals surface area contributed by atoms with E-state index in [0.717, 1.165) is 11.0 Å². The molecule has 1 saturated heterocycles. The molecule has 15 nitrogen and oxygen atoms in total. The van der Waals surface area contributed by atoms with Crippen LogP contribution in [-0.4, -0.2) is 109 Å². The van der Waals surface area contributed by atoms with Gasteiger partial charge in [-0.15, -0.1) is 0 Å². The predicted molar refractivity (Wildman–Crippen MR) is 198 cm³/mol. The van der Waals surface area contributed by atoms with E-state index in [1.807, 2.05) is 0 Å². The van der Waals surface area contributed by atoms with Crippen molar-refractivity contribution in [2.45, 2.75) is 119 Å². The zero-order chi connectivity index (χ0) is 42.4. The highest BCUT2D eigenvalue weighted by atomic mass is 32.2. The lowest BCUT2D eigenvalue weighted by Gasteiger charge is -2.34. The minimum Gasteiger partial charge on any atom is -0.494 e. The lowest BCUT2D eigenvalue weighted by Crippen LogP contribution is -2.61. The maximum absolute atomic E-state index is 14.9. The Kier molecular flexibility index (Phi) is 11.7. The summed E-state index contributed by atoms with van der Waals surface area (Å²) in [5, 5.41) is 5.71. The molecular weight excluding hydrogens is 795 g/mol. The molecule has 2 aliphatic carbocycles. The van der Waals surface area contributed by atoms with Gasteiger partial charge in [-0.25, -0.2) is 22.6 Å². The van der Waals surface area contributed by atoms with Gasteiger partial charge in [0.15, 0.2) is 11.6 Å². The monoisotopic (exact) mass is 841 g/mol. The van der Waals surface area contributed by atoms with Crippen molar-refractivity contribution in [3.8, 4) is 11.6 Å². The van der Waals surface area contributed by atoms with Crippen LogP contribution in [0.5, 0.6) is 11.6 Å². The van der Waals surface area contributed by atoms with Crippen LogP contribution in [0, 0.1) is 11.7 Å². The number of amides is 4. The van der Waals surface area contributed by atoms with E-state index in [1.165, 1.54) is 26.3 Å². The average Bonchev–Trinajstić information content (AvgIpc) is 4.02. The van der Waals surface area contributed by atoms with E-state index in [1.54, 1.807) is 25.1 Å². The second-order valence-electron chi connectivity index (χ2n) is 15.9. The number of aromatic nitrogens is 1. The highest BCUT2D eigenvalue weighted by Crippen LogP contribution is 2.47. The van der Waals surface area contributed by atoms with Crippen molar-refractivity contribution in [3.05, 3.63) is 42.4 Å². The molecule has 0 bridgehead atoms. The summed E-state index contributed by atoms with van der Waals surface area (Å²) in [4.78, 5) is 61.4. The van der Waals surface area contributed by atoms with Gasteiger partial charge in [0, 0.05) is 30.5 Å². The van der Waals surface area contributed by atoms with E-state index < -0.39 is 91.9 Å². The van der Waals surface area contributed by atoms with Crippen LogP contribution < -0.4 is 24.8 Å². The number of rotatable bonds is 9. The van der Waals surface area contributed by atoms with Crippen LogP contribution in [0.25, 0.3) is 10.8 Å². The summed E-state index contributed by atoms with van der Waals surface area (Å²) in [6.07, 6.45) is -2.41. The summed E-state index contributed by atoms with van der Waals surface area (Å²) in [6, 6.07) is 1.06. The summed E-state index contributed by atoms with van der Waals surface area (Å²) in [6.45, 7) is 4.13. The van der Waals surface area contributed by atoms with Crippen molar-refractivity contribution in [1.29, 1.82) is 0 Å². The van der Waals surface area contributed by atoms with Gasteiger partial charge in [-0.1, -0.05) is 19.1 Å². The molecule has 0 radical (unpaired) electrons. The summed E-state index contributed by atoms with van der Waals surface area (Å²) in [5.41, 5.74) is -4.65. The van der Waals surface area contributed by atoms with Gasteiger partial charge in [0.05, 0.1) is 24.5 Å². The van der Waals surface area contributed by atoms with E-state index >= 15 is 0 Å². The first-order valence-corrected chi connectivity index (χ1v) is 20.5. The number of nitrogens with zero attached hydrogens (tertiary/aromatic N) is 2. The van der Waals surface area contributed by atoms with Gasteiger partial charge in [-0.2, -0.15) is 13.2 Å². The summed E-state index contributed by atoms with van der Waals surface area (Å²) >= 11 is 0. The van der Waals surface area contributed by atoms with Crippen LogP contribution in [0.3, 0.4) is 0 Å². The second-order valence-corrected chi connectivity index (χ2v) is 18.1. The third-order valence-corrected chi connectivity index (χ3v) is 13.4. The number of carbonyl (C=O) groups is 4. The first-order valence-electron chi connectivity index (χ1n) is 19.0. The molecule has 2 aromatic rings. The maximum Gasteiger partial charge on any atom is 0.427 e. The molecule has 4 aliphatic rings. The van der Waals surface area contributed by atoms with Crippen LogP contribution in [0.15, 0.2) is 36.5 Å². The van der Waals surface area contributed by atoms with Gasteiger partial charge >= 0.3 is 12.3 Å². The molecule has 0 unspecified atom stereocenters. The molecule has 58 heavy (non-hydrogen) atoms. The predicted octanol–water partition coefficient (Wildman–Crippen LogP) is 4.19. The van der Waals surface area contributed by atoms with Crippen LogP contribution in [0.2, 0.25) is 0 Å². The Morgan fingerprint density at radius 3 is 2.55 bits per heavy atom. The number of alkyl halides is 3. The van der Waals surface area contributed by atoms with Crippen molar-refractivity contribution in [3.63, 3.8) is 0 Å². The number of nitrogens with one attached hydrogen (secondary N) is 3. The number of ether oxygens (including phenoxy) is 4. The minimum atomic E-state index is -4.96. The molecule has 3 fully saturated rings. The summed E-state index contributed by atoms with van der Waals surface area (Å²) < 4.78 is 105. The molecule has 3 N–H and O–H groups in total. The van der Waals surface area contributed by atoms with Gasteiger partial charge < -0.3 is 34.5 Å². The molecule has 0 spiro atoms. The zero-order valence-electron chi connectivity index (χ0n) is 32.6. The number of pyridine rings is 1. The fourth-order valence-corrected chi connectivity index (χ4v) is 8.39. The molecule has 6 atom stereocenters. The number of sulfonamides is 1. The van der Waals surface area contributed by atoms with Crippen molar-refractivity contribution in [2.75, 3.05) is 20.3 Å². The first-order chi connectivity index (χ1) is 27.1. The Labute approximate surface area is 332 Å². The normalized spacial score (nSPS) is 28.2. The van der Waals surface area contributed by atoms with E-state index in [-0.39, 0.29) is 49.4 Å². The smallest absolute Gasteiger partial charge is 0.427 e. The summed E-state index contributed by atoms with van der Waals surface area (Å²) in [7, 11) is -2.81. The third-order valence-electron chi connectivity index (χ3n) is 11.3. The number of hydrogen-bond donors (Lipinski definition) is 3. The summed E-state index contributed by atoms with van der Waals surface area (Å²) in [5.74, 6) is -4.17. The first kappa shape index (κ1) is 42.9. The van der Waals surface area contributed by atoms with Gasteiger partial charge in [0.2, 0.25) is 33.3 Å². The number of halogens is 4. The number of fused-ring (bicyclic) bond motifs is 3. The van der Waals surface area contributed by atoms with E-state index in [0.29, 0.717) is 44.9 Å². The van der Waals surface area contributed by atoms with Crippen molar-refractivity contribution < 1.29 is 64.1 Å². The van der Waals surface area contributed by atoms with Gasteiger partial charge in [0.1, 0.15) is 23.7 Å². The van der Waals surface area contributed by atoms with Crippen LogP contribution in [0.1, 0.15) is 72.6 Å². The van der Waals surface area contributed by atoms with Crippen LogP contribution in [-0.2, 0) is 33.9 Å². The largest absolute Gasteiger partial charge is 0.494 e. The third kappa shape index (κ3) is 8.53. The Morgan fingerprint density at radius 2 is 1.90 bits per heavy atom. The molecule has 2 saturated carbocycles. The quantitative estimate of drug-likeness (QED) is 0.243. The zero-order valence-corrected chi connectivity index (χ0v) is 33.4. The maximum atomic E-state index is 14.9. The molecule has 1 aromatic heterocycles. The van der Waals surface area contributed by atoms with Gasteiger partial charge in [-0.3, -0.25) is 19.1 Å². The Balaban J connectivity index is 1.36. The highest BCUT2D eigenvalue weighted by Gasteiger charge is 2.63. The molecule has 3 heterocycles. The average molecular weight is 842 g/mol. The standard InChI is InChI=1S/C38H47F4N5O10S/c1-6-27-29(44-34(51)57-35(2,3)38(40,41)42)32(49)47-20-23(56-31-24-18-25(39)28(54-5)16-21(24)11-14-43-31)17-26(47)30(48)45-37(19-22(37)10-8-7-9-15-55-27)33(50)46-58(52,53)36(4)12-13-36/h8,10-11,14,16,18,22-23,26-27,29H,6-7,9,12-13,15,17,19-20H2,1-5H3,(H,44,51)(H,45,48)(H,46,50)/b10-8-/t22-,23-,26+,27+,29+,37-/m1/s1. The number of hydrogen-bond acceptors (Lipinski definition) is 11. The number of carbonyl (C=O) groups excluding carboxylic acids is 4. The van der Waals surface area contributed by atoms with Gasteiger partial charge in [-0.05, 0) is 82.9 Å². The highest BCUT2D eigenvalue weighted by molar-refractivity contribution is 7.91. The molecule has 318 valence electrons. The number of methoxy groups -OCH3 is 1. The molecule has 2 aliphatic heterocycles. The van der Waals surface area contributed by atoms with Crippen molar-refractivity contribution >= 4 is 44.6 Å². The lowest BCUT2D eigenvalue weighted by molar-refractivity contribution is -0.244. The fourth-order valence-electron chi connectivity index (χ4n) is 7.08. The number of allylic oxidation sites excluding steroid dienone is 1. The Hall–Kier alpha value is -4.72. The van der Waals surface area contributed by atoms with E-state index in [9.17, 15) is 45.2 Å². The fraction of sp³-hybridized carbons (Fsp3) is 0.605. The topological polar surface area (TPSA) is 192 Å². The van der Waals surface area contributed by atoms with E-state index in [2.05, 4.69) is 20.3 Å². The van der Waals surface area contributed by atoms with Crippen LogP contribution >= 0.6 is 0 Å². The van der Waals surface area contributed by atoms with Crippen LogP contribution in [0.4, 0.5) is 22.4 Å². The SMILES string of the molecule is CC[C@@H]1OCCC/C=C\[C@@H]2C[C@@]2(C(=O)NS(=O)(=O)C2(C)CC2)NC(=O)[C@@H]2C[C@@H](Oc3nccc4cc(OC)c(F)cc34)CN2C(=O)[C@H]1NC(=O)OC(C)(C)C(F)(F)F. The minimum absolute atomic E-state index is 0.0349. The Bertz CT molecular complexity index is 2100. The molecule has 20 heteroatoms. The van der Waals surface area contributed by atoms with Crippen molar-refractivity contribution in [1.82, 2.24) is 25.2 Å². The second kappa shape index (κ2) is 15.8. The molecule has 1 aromatic carbocycles. The van der Waals surface area contributed by atoms with E-state index in [4.69, 9.17) is 18.9 Å². The Morgan fingerprint density at radius 1 is 1.17 bits per heavy atom. The molecular formula is C38H47F4N5O10S. The molecule has 4 amide bonds. The van der Waals surface area contributed by atoms with Crippen molar-refractivity contribution in [2.24, 2.45) is 5.92 Å². The number of benzene rings is 1. The lowest BCUT2D eigenvalue weighted by atomic mass is 10.1. The molecule has 6 rings (SSSR count). The number of alkyl carbamates (subject to hydrolysis) is 1. The van der Waals surface area contributed by atoms with Gasteiger partial charge in [0.25, 0.3) is 5.91 Å².